The molecule has 0 saturated carbocycles. The Labute approximate surface area is 148 Å². The van der Waals surface area contributed by atoms with Gasteiger partial charge in [-0.25, -0.2) is 4.79 Å². The minimum Gasteiger partial charge on any atom is -0.404 e. The molecule has 0 bridgehead atoms. The molecule has 3 amide bonds. The molecule has 11 heteroatoms. The van der Waals surface area contributed by atoms with Crippen LogP contribution in [-0.4, -0.2) is 23.3 Å². The van der Waals surface area contributed by atoms with Crippen LogP contribution in [0.1, 0.15) is 10.4 Å². The Kier molecular flexibility index (Phi) is 5.70. The quantitative estimate of drug-likeness (QED) is 0.816. The van der Waals surface area contributed by atoms with Crippen molar-refractivity contribution in [2.24, 2.45) is 0 Å². The van der Waals surface area contributed by atoms with E-state index in [-0.39, 0.29) is 21.3 Å². The molecule has 0 radical (unpaired) electrons. The molecular formula is C14H8Cl2F3N3O3. The van der Waals surface area contributed by atoms with E-state index >= 15 is 0 Å². The van der Waals surface area contributed by atoms with Crippen LogP contribution in [-0.2, 0) is 0 Å². The SMILES string of the molecule is O=C(NC(=O)c1c(Cl)cncc1Cl)Nc1ccccc1OC(F)(F)F. The average molecular weight is 394 g/mol. The number of rotatable bonds is 3. The molecule has 2 aromatic rings. The van der Waals surface area contributed by atoms with Crippen LogP contribution in [0.3, 0.4) is 0 Å². The van der Waals surface area contributed by atoms with Crippen molar-refractivity contribution in [2.75, 3.05) is 5.32 Å². The Morgan fingerprint density at radius 2 is 1.68 bits per heavy atom. The molecule has 2 rings (SSSR count). The Balaban J connectivity index is 2.12. The van der Waals surface area contributed by atoms with E-state index in [0.717, 1.165) is 24.5 Å². The van der Waals surface area contributed by atoms with Crippen molar-refractivity contribution in [3.8, 4) is 5.75 Å². The highest BCUT2D eigenvalue weighted by atomic mass is 35.5. The van der Waals surface area contributed by atoms with Crippen molar-refractivity contribution in [3.05, 3.63) is 52.3 Å². The molecule has 132 valence electrons. The molecule has 0 atom stereocenters. The summed E-state index contributed by atoms with van der Waals surface area (Å²) in [6.07, 6.45) is -2.65. The van der Waals surface area contributed by atoms with Gasteiger partial charge in [0.25, 0.3) is 5.91 Å². The van der Waals surface area contributed by atoms with E-state index in [4.69, 9.17) is 23.2 Å². The predicted octanol–water partition coefficient (Wildman–Crippen LogP) is 4.25. The van der Waals surface area contributed by atoms with Crippen molar-refractivity contribution in [2.45, 2.75) is 6.36 Å². The second-order valence-electron chi connectivity index (χ2n) is 4.43. The van der Waals surface area contributed by atoms with E-state index in [0.29, 0.717) is 0 Å². The maximum Gasteiger partial charge on any atom is 0.573 e. The fraction of sp³-hybridized carbons (Fsp3) is 0.0714. The number of alkyl halides is 3. The van der Waals surface area contributed by atoms with Crippen LogP contribution in [0.15, 0.2) is 36.7 Å². The number of carbonyl (C=O) groups is 2. The van der Waals surface area contributed by atoms with Crippen molar-refractivity contribution in [1.29, 1.82) is 0 Å². The molecule has 0 spiro atoms. The maximum absolute atomic E-state index is 12.3. The molecule has 0 fully saturated rings. The lowest BCUT2D eigenvalue weighted by Gasteiger charge is -2.14. The normalized spacial score (nSPS) is 10.9. The van der Waals surface area contributed by atoms with Crippen molar-refractivity contribution in [3.63, 3.8) is 0 Å². The van der Waals surface area contributed by atoms with E-state index in [2.05, 4.69) is 15.0 Å². The first-order chi connectivity index (χ1) is 11.7. The number of pyridine rings is 1. The Hall–Kier alpha value is -2.52. The van der Waals surface area contributed by atoms with Gasteiger partial charge in [-0.15, -0.1) is 13.2 Å². The minimum absolute atomic E-state index is 0.0985. The van der Waals surface area contributed by atoms with E-state index < -0.39 is 24.1 Å². The highest BCUT2D eigenvalue weighted by Crippen LogP contribution is 2.30. The highest BCUT2D eigenvalue weighted by molar-refractivity contribution is 6.39. The minimum atomic E-state index is -4.94. The molecule has 0 aliphatic carbocycles. The molecular weight excluding hydrogens is 386 g/mol. The first kappa shape index (κ1) is 18.8. The fourth-order valence-electron chi connectivity index (χ4n) is 1.73. The number of amides is 3. The molecule has 0 saturated heterocycles. The fourth-order valence-corrected chi connectivity index (χ4v) is 2.27. The van der Waals surface area contributed by atoms with Gasteiger partial charge in [-0.05, 0) is 12.1 Å². The molecule has 1 aromatic carbocycles. The van der Waals surface area contributed by atoms with Crippen molar-refractivity contribution >= 4 is 40.8 Å². The summed E-state index contributed by atoms with van der Waals surface area (Å²) in [6, 6.07) is 3.72. The number of nitrogens with zero attached hydrogens (tertiary/aromatic N) is 1. The summed E-state index contributed by atoms with van der Waals surface area (Å²) in [5.74, 6) is -1.60. The zero-order chi connectivity index (χ0) is 18.6. The van der Waals surface area contributed by atoms with Gasteiger partial charge >= 0.3 is 12.4 Å². The standard InChI is InChI=1S/C14H8Cl2F3N3O3/c15-7-5-20-6-8(16)11(7)12(23)22-13(24)21-9-3-1-2-4-10(9)25-14(17,18)19/h1-6H,(H2,21,22,23,24). The molecule has 0 aliphatic rings. The zero-order valence-corrected chi connectivity index (χ0v) is 13.5. The molecule has 0 unspecified atom stereocenters. The molecule has 2 N–H and O–H groups in total. The number of benzene rings is 1. The summed E-state index contributed by atoms with van der Waals surface area (Å²) in [5.41, 5.74) is -0.495. The van der Waals surface area contributed by atoms with Crippen molar-refractivity contribution in [1.82, 2.24) is 10.3 Å². The summed E-state index contributed by atoms with van der Waals surface area (Å²) >= 11 is 11.6. The first-order valence-corrected chi connectivity index (χ1v) is 7.19. The van der Waals surface area contributed by atoms with Gasteiger partial charge in [-0.1, -0.05) is 35.3 Å². The smallest absolute Gasteiger partial charge is 0.404 e. The van der Waals surface area contributed by atoms with Crippen LogP contribution in [0, 0.1) is 0 Å². The van der Waals surface area contributed by atoms with Crippen LogP contribution in [0.5, 0.6) is 5.75 Å². The highest BCUT2D eigenvalue weighted by Gasteiger charge is 2.32. The monoisotopic (exact) mass is 393 g/mol. The summed E-state index contributed by atoms with van der Waals surface area (Å²) in [4.78, 5) is 27.5. The number of ether oxygens (including phenoxy) is 1. The number of urea groups is 1. The largest absolute Gasteiger partial charge is 0.573 e. The number of hydrogen-bond acceptors (Lipinski definition) is 4. The van der Waals surface area contributed by atoms with Crippen LogP contribution in [0.25, 0.3) is 0 Å². The summed E-state index contributed by atoms with van der Waals surface area (Å²) < 4.78 is 40.8. The Morgan fingerprint density at radius 3 is 2.28 bits per heavy atom. The van der Waals surface area contributed by atoms with Crippen LogP contribution in [0.4, 0.5) is 23.7 Å². The number of halogens is 5. The van der Waals surface area contributed by atoms with E-state index in [9.17, 15) is 22.8 Å². The first-order valence-electron chi connectivity index (χ1n) is 6.43. The van der Waals surface area contributed by atoms with Gasteiger partial charge < -0.3 is 10.1 Å². The third kappa shape index (κ3) is 5.23. The second kappa shape index (κ2) is 7.58. The Morgan fingerprint density at radius 1 is 1.08 bits per heavy atom. The summed E-state index contributed by atoms with van der Waals surface area (Å²) in [7, 11) is 0. The van der Waals surface area contributed by atoms with Crippen LogP contribution < -0.4 is 15.4 Å². The topological polar surface area (TPSA) is 80.3 Å². The molecule has 6 nitrogen and oxygen atoms in total. The second-order valence-corrected chi connectivity index (χ2v) is 5.24. The third-order valence-corrected chi connectivity index (χ3v) is 3.24. The Bertz CT molecular complexity index is 795. The summed E-state index contributed by atoms with van der Waals surface area (Å²) in [6.45, 7) is 0. The average Bonchev–Trinajstić information content (AvgIpc) is 2.47. The predicted molar refractivity (Wildman–Crippen MR) is 83.9 cm³/mol. The maximum atomic E-state index is 12.3. The lowest BCUT2D eigenvalue weighted by Crippen LogP contribution is -2.35. The number of aromatic nitrogens is 1. The molecule has 25 heavy (non-hydrogen) atoms. The van der Waals surface area contributed by atoms with Gasteiger partial charge in [0.2, 0.25) is 0 Å². The summed E-state index contributed by atoms with van der Waals surface area (Å²) in [5, 5.41) is 3.77. The number of carbonyl (C=O) groups excluding carboxylic acids is 2. The van der Waals surface area contributed by atoms with Crippen LogP contribution in [0.2, 0.25) is 10.0 Å². The van der Waals surface area contributed by atoms with E-state index in [1.807, 2.05) is 5.32 Å². The third-order valence-electron chi connectivity index (χ3n) is 2.67. The van der Waals surface area contributed by atoms with E-state index in [1.54, 1.807) is 0 Å². The van der Waals surface area contributed by atoms with Gasteiger partial charge in [0.05, 0.1) is 21.3 Å². The number of hydrogen-bond donors (Lipinski definition) is 2. The molecule has 1 heterocycles. The number of nitrogens with one attached hydrogen (secondary N) is 2. The van der Waals surface area contributed by atoms with Gasteiger partial charge in [0.1, 0.15) is 0 Å². The number of imide groups is 1. The number of para-hydroxylation sites is 2. The van der Waals surface area contributed by atoms with Crippen LogP contribution >= 0.6 is 23.2 Å². The lowest BCUT2D eigenvalue weighted by atomic mass is 10.2. The van der Waals surface area contributed by atoms with Gasteiger partial charge in [-0.3, -0.25) is 15.1 Å². The lowest BCUT2D eigenvalue weighted by molar-refractivity contribution is -0.274. The van der Waals surface area contributed by atoms with E-state index in [1.165, 1.54) is 12.1 Å². The van der Waals surface area contributed by atoms with Gasteiger partial charge in [0, 0.05) is 12.4 Å². The molecule has 1 aromatic heterocycles. The number of anilines is 1. The zero-order valence-electron chi connectivity index (χ0n) is 12.0. The van der Waals surface area contributed by atoms with Crippen molar-refractivity contribution < 1.29 is 27.5 Å². The van der Waals surface area contributed by atoms with Gasteiger partial charge in [-0.2, -0.15) is 0 Å². The van der Waals surface area contributed by atoms with Gasteiger partial charge in [0.15, 0.2) is 5.75 Å². The molecule has 0 aliphatic heterocycles.